The molecule has 17 heavy (non-hydrogen) atoms. The molecule has 0 spiro atoms. The first-order valence-electron chi connectivity index (χ1n) is 6.81. The summed E-state index contributed by atoms with van der Waals surface area (Å²) in [7, 11) is 0. The first-order chi connectivity index (χ1) is 8.38. The number of nitrogens with one attached hydrogen (secondary N) is 1. The molecule has 0 fully saturated rings. The molecule has 1 heterocycles. The van der Waals surface area contributed by atoms with Gasteiger partial charge in [0.05, 0.1) is 12.5 Å². The monoisotopic (exact) mass is 233 g/mol. The lowest BCUT2D eigenvalue weighted by molar-refractivity contribution is 0.499. The number of rotatable bonds is 6. The second-order valence-electron chi connectivity index (χ2n) is 4.90. The molecule has 1 aromatic heterocycles. The van der Waals surface area contributed by atoms with Crippen LogP contribution in [0.5, 0.6) is 0 Å². The highest BCUT2D eigenvalue weighted by Crippen LogP contribution is 2.22. The predicted molar refractivity (Wildman–Crippen MR) is 71.0 cm³/mol. The minimum absolute atomic E-state index is 0.557. The molecule has 2 nitrogen and oxygen atoms in total. The highest BCUT2D eigenvalue weighted by Gasteiger charge is 2.13. The molecule has 2 heteroatoms. The summed E-state index contributed by atoms with van der Waals surface area (Å²) in [5, 5.41) is 3.59. The van der Waals surface area contributed by atoms with Crippen LogP contribution in [0.15, 0.2) is 34.7 Å². The van der Waals surface area contributed by atoms with E-state index in [4.69, 9.17) is 4.42 Å². The van der Waals surface area contributed by atoms with Crippen molar-refractivity contribution < 1.29 is 4.42 Å². The van der Waals surface area contributed by atoms with Crippen LogP contribution in [-0.4, -0.2) is 12.6 Å². The van der Waals surface area contributed by atoms with E-state index in [2.05, 4.69) is 24.4 Å². The van der Waals surface area contributed by atoms with Crippen LogP contribution in [0.25, 0.3) is 0 Å². The molecule has 2 rings (SSSR count). The zero-order valence-electron chi connectivity index (χ0n) is 10.7. The Morgan fingerprint density at radius 3 is 2.94 bits per heavy atom. The lowest BCUT2D eigenvalue weighted by atomic mass is 9.92. The number of hydrogen-bond donors (Lipinski definition) is 1. The minimum atomic E-state index is 0.557. The number of hydrogen-bond acceptors (Lipinski definition) is 2. The molecule has 94 valence electrons. The minimum Gasteiger partial charge on any atom is -0.472 e. The molecule has 1 aliphatic carbocycles. The lowest BCUT2D eigenvalue weighted by Crippen LogP contribution is -2.31. The van der Waals surface area contributed by atoms with Crippen molar-refractivity contribution in [2.45, 2.75) is 51.5 Å². The topological polar surface area (TPSA) is 25.2 Å². The summed E-state index contributed by atoms with van der Waals surface area (Å²) in [6, 6.07) is 2.63. The average Bonchev–Trinajstić information content (AvgIpc) is 2.83. The van der Waals surface area contributed by atoms with Gasteiger partial charge in [0.1, 0.15) is 0 Å². The molecule has 0 amide bonds. The van der Waals surface area contributed by atoms with E-state index in [-0.39, 0.29) is 0 Å². The van der Waals surface area contributed by atoms with Gasteiger partial charge in [-0.25, -0.2) is 0 Å². The molecular formula is C15H23NO. The molecule has 1 unspecified atom stereocenters. The lowest BCUT2D eigenvalue weighted by Gasteiger charge is -2.21. The summed E-state index contributed by atoms with van der Waals surface area (Å²) in [6.07, 6.45) is 13.7. The van der Waals surface area contributed by atoms with Crippen LogP contribution < -0.4 is 5.32 Å². The van der Waals surface area contributed by atoms with E-state index in [0.29, 0.717) is 6.04 Å². The number of likely N-dealkylation sites (N-methyl/N-ethyl adjacent to an activating group) is 1. The van der Waals surface area contributed by atoms with Crippen molar-refractivity contribution in [1.82, 2.24) is 5.32 Å². The molecule has 1 aliphatic rings. The fourth-order valence-corrected chi connectivity index (χ4v) is 2.61. The zero-order valence-corrected chi connectivity index (χ0v) is 10.7. The Morgan fingerprint density at radius 2 is 2.29 bits per heavy atom. The third-order valence-corrected chi connectivity index (χ3v) is 3.45. The Balaban J connectivity index is 1.89. The van der Waals surface area contributed by atoms with Gasteiger partial charge in [-0.05, 0) is 56.7 Å². The number of allylic oxidation sites excluding steroid dienone is 1. The summed E-state index contributed by atoms with van der Waals surface area (Å²) in [4.78, 5) is 0. The van der Waals surface area contributed by atoms with Crippen molar-refractivity contribution >= 4 is 0 Å². The molecule has 0 radical (unpaired) electrons. The Bertz CT molecular complexity index is 340. The third-order valence-electron chi connectivity index (χ3n) is 3.45. The van der Waals surface area contributed by atoms with Crippen LogP contribution >= 0.6 is 0 Å². The van der Waals surface area contributed by atoms with Gasteiger partial charge in [0.2, 0.25) is 0 Å². The van der Waals surface area contributed by atoms with E-state index >= 15 is 0 Å². The predicted octanol–water partition coefficient (Wildman–Crippen LogP) is 3.69. The van der Waals surface area contributed by atoms with E-state index in [1.807, 2.05) is 6.26 Å². The van der Waals surface area contributed by atoms with E-state index in [0.717, 1.165) is 13.0 Å². The fraction of sp³-hybridized carbons (Fsp3) is 0.600. The van der Waals surface area contributed by atoms with Crippen LogP contribution in [0.4, 0.5) is 0 Å². The first-order valence-corrected chi connectivity index (χ1v) is 6.81. The number of furan rings is 1. The first kappa shape index (κ1) is 12.4. The Labute approximate surface area is 104 Å². The van der Waals surface area contributed by atoms with E-state index in [9.17, 15) is 0 Å². The highest BCUT2D eigenvalue weighted by molar-refractivity contribution is 5.12. The van der Waals surface area contributed by atoms with Gasteiger partial charge in [0, 0.05) is 6.04 Å². The molecule has 0 bridgehead atoms. The maximum Gasteiger partial charge on any atom is 0.0935 e. The molecule has 1 atom stereocenters. The van der Waals surface area contributed by atoms with Gasteiger partial charge in [-0.2, -0.15) is 0 Å². The van der Waals surface area contributed by atoms with Crippen molar-refractivity contribution in [3.63, 3.8) is 0 Å². The van der Waals surface area contributed by atoms with Crippen LogP contribution in [-0.2, 0) is 6.42 Å². The maximum absolute atomic E-state index is 5.14. The average molecular weight is 233 g/mol. The van der Waals surface area contributed by atoms with E-state index in [1.54, 1.807) is 11.8 Å². The summed E-state index contributed by atoms with van der Waals surface area (Å²) >= 11 is 0. The van der Waals surface area contributed by atoms with Crippen LogP contribution in [0.2, 0.25) is 0 Å². The van der Waals surface area contributed by atoms with Crippen molar-refractivity contribution in [3.05, 3.63) is 35.8 Å². The molecule has 0 aromatic carbocycles. The van der Waals surface area contributed by atoms with E-state index in [1.165, 1.54) is 37.7 Å². The van der Waals surface area contributed by atoms with Gasteiger partial charge in [-0.3, -0.25) is 0 Å². The molecule has 0 saturated carbocycles. The Kier molecular flexibility index (Phi) is 4.87. The van der Waals surface area contributed by atoms with Gasteiger partial charge in [0.25, 0.3) is 0 Å². The Hall–Kier alpha value is -1.02. The van der Waals surface area contributed by atoms with Crippen LogP contribution in [0.3, 0.4) is 0 Å². The van der Waals surface area contributed by atoms with E-state index < -0.39 is 0 Å². The normalized spacial score (nSPS) is 17.8. The molecule has 1 N–H and O–H groups in total. The maximum atomic E-state index is 5.14. The van der Waals surface area contributed by atoms with Gasteiger partial charge >= 0.3 is 0 Å². The molecule has 1 aromatic rings. The van der Waals surface area contributed by atoms with Crippen molar-refractivity contribution in [1.29, 1.82) is 0 Å². The highest BCUT2D eigenvalue weighted by atomic mass is 16.3. The zero-order chi connectivity index (χ0) is 11.9. The van der Waals surface area contributed by atoms with Crippen molar-refractivity contribution in [3.8, 4) is 0 Å². The molecular weight excluding hydrogens is 210 g/mol. The van der Waals surface area contributed by atoms with Crippen LogP contribution in [0, 0.1) is 0 Å². The van der Waals surface area contributed by atoms with Gasteiger partial charge in [-0.1, -0.05) is 18.6 Å². The van der Waals surface area contributed by atoms with Crippen LogP contribution in [0.1, 0.15) is 44.6 Å². The standard InChI is InChI=1S/C15H23NO/c1-2-16-15(11-14-8-9-17-12-14)10-13-6-4-3-5-7-13/h6,8-9,12,15-16H,2-5,7,10-11H2,1H3. The molecule has 0 saturated heterocycles. The fourth-order valence-electron chi connectivity index (χ4n) is 2.61. The van der Waals surface area contributed by atoms with Gasteiger partial charge in [-0.15, -0.1) is 0 Å². The van der Waals surface area contributed by atoms with Crippen molar-refractivity contribution in [2.24, 2.45) is 0 Å². The second kappa shape index (κ2) is 6.65. The third kappa shape index (κ3) is 4.04. The van der Waals surface area contributed by atoms with Crippen molar-refractivity contribution in [2.75, 3.05) is 6.54 Å². The Morgan fingerprint density at radius 1 is 1.35 bits per heavy atom. The summed E-state index contributed by atoms with van der Waals surface area (Å²) in [5.41, 5.74) is 2.94. The second-order valence-corrected chi connectivity index (χ2v) is 4.90. The smallest absolute Gasteiger partial charge is 0.0935 e. The largest absolute Gasteiger partial charge is 0.472 e. The molecule has 0 aliphatic heterocycles. The SMILES string of the molecule is CCNC(CC1=CCCCC1)Cc1ccoc1. The summed E-state index contributed by atoms with van der Waals surface area (Å²) in [5.74, 6) is 0. The quantitative estimate of drug-likeness (QED) is 0.758. The van der Waals surface area contributed by atoms with Gasteiger partial charge < -0.3 is 9.73 Å². The van der Waals surface area contributed by atoms with Gasteiger partial charge in [0.15, 0.2) is 0 Å². The summed E-state index contributed by atoms with van der Waals surface area (Å²) < 4.78 is 5.14. The summed E-state index contributed by atoms with van der Waals surface area (Å²) in [6.45, 7) is 3.22.